The second-order valence-electron chi connectivity index (χ2n) is 7.99. The highest BCUT2D eigenvalue weighted by Gasteiger charge is 2.54. The zero-order chi connectivity index (χ0) is 19.0. The van der Waals surface area contributed by atoms with Crippen LogP contribution in [0, 0.1) is 5.92 Å². The van der Waals surface area contributed by atoms with Crippen LogP contribution in [0.3, 0.4) is 0 Å². The standard InChI is InChI=1S/C21H27BrN2O3/c1-27-18-11-10-13(12-16(18)22)19(20(25)23-14-6-3-2-4-7-14)24-17-9-5-8-15(17)21(24)26/h10-12,14-15,17,19H,2-9H2,1H3,(H,23,25)/t15-,17+,19?/m1/s1. The van der Waals surface area contributed by atoms with Gasteiger partial charge in [-0.05, 0) is 59.3 Å². The summed E-state index contributed by atoms with van der Waals surface area (Å²) in [6, 6.07) is 5.56. The van der Waals surface area contributed by atoms with Gasteiger partial charge in [0, 0.05) is 12.1 Å². The Morgan fingerprint density at radius 2 is 1.96 bits per heavy atom. The highest BCUT2D eigenvalue weighted by atomic mass is 79.9. The van der Waals surface area contributed by atoms with Crippen molar-refractivity contribution in [1.82, 2.24) is 10.2 Å². The maximum atomic E-state index is 13.3. The summed E-state index contributed by atoms with van der Waals surface area (Å²) in [6.07, 6.45) is 8.67. The number of hydrogen-bond acceptors (Lipinski definition) is 3. The maximum absolute atomic E-state index is 13.3. The van der Waals surface area contributed by atoms with E-state index in [1.54, 1.807) is 7.11 Å². The normalized spacial score (nSPS) is 26.3. The van der Waals surface area contributed by atoms with E-state index in [4.69, 9.17) is 4.74 Å². The third kappa shape index (κ3) is 3.48. The number of methoxy groups -OCH3 is 1. The summed E-state index contributed by atoms with van der Waals surface area (Å²) in [5, 5.41) is 3.24. The molecule has 1 aliphatic heterocycles. The van der Waals surface area contributed by atoms with Crippen molar-refractivity contribution in [1.29, 1.82) is 0 Å². The van der Waals surface area contributed by atoms with Gasteiger partial charge < -0.3 is 15.0 Å². The first kappa shape index (κ1) is 18.8. The van der Waals surface area contributed by atoms with Crippen molar-refractivity contribution in [2.45, 2.75) is 69.5 Å². The first-order valence-corrected chi connectivity index (χ1v) is 10.9. The molecule has 2 saturated carbocycles. The lowest BCUT2D eigenvalue weighted by atomic mass is 9.86. The van der Waals surface area contributed by atoms with Gasteiger partial charge >= 0.3 is 0 Å². The molecule has 3 aliphatic rings. The minimum atomic E-state index is -0.555. The predicted molar refractivity (Wildman–Crippen MR) is 106 cm³/mol. The van der Waals surface area contributed by atoms with Gasteiger partial charge in [0.25, 0.3) is 0 Å². The number of ether oxygens (including phenoxy) is 1. The summed E-state index contributed by atoms with van der Waals surface area (Å²) in [7, 11) is 1.62. The SMILES string of the molecule is COc1ccc(C(C(=O)NC2CCCCC2)N2C(=O)[C@@H]3CCC[C@@H]32)cc1Br. The number of nitrogens with one attached hydrogen (secondary N) is 1. The number of hydrogen-bond donors (Lipinski definition) is 1. The van der Waals surface area contributed by atoms with Crippen LogP contribution in [0.1, 0.15) is 63.0 Å². The summed E-state index contributed by atoms with van der Waals surface area (Å²) >= 11 is 3.52. The second kappa shape index (κ2) is 7.82. The number of carbonyl (C=O) groups is 2. The summed E-state index contributed by atoms with van der Waals surface area (Å²) in [5.41, 5.74) is 0.842. The van der Waals surface area contributed by atoms with Crippen LogP contribution in [-0.4, -0.2) is 35.9 Å². The Balaban J connectivity index is 1.61. The monoisotopic (exact) mass is 434 g/mol. The summed E-state index contributed by atoms with van der Waals surface area (Å²) in [5.74, 6) is 0.932. The van der Waals surface area contributed by atoms with Crippen LogP contribution < -0.4 is 10.1 Å². The lowest BCUT2D eigenvalue weighted by Gasteiger charge is -2.48. The first-order chi connectivity index (χ1) is 13.1. The molecule has 0 bridgehead atoms. The summed E-state index contributed by atoms with van der Waals surface area (Å²) in [6.45, 7) is 0. The molecule has 146 valence electrons. The van der Waals surface area contributed by atoms with Crippen molar-refractivity contribution in [2.24, 2.45) is 5.92 Å². The fraction of sp³-hybridized carbons (Fsp3) is 0.619. The average Bonchev–Trinajstić information content (AvgIpc) is 3.11. The third-order valence-corrected chi connectivity index (χ3v) is 7.00. The molecular formula is C21H27BrN2O3. The van der Waals surface area contributed by atoms with E-state index in [0.29, 0.717) is 0 Å². The zero-order valence-corrected chi connectivity index (χ0v) is 17.3. The van der Waals surface area contributed by atoms with Crippen LogP contribution >= 0.6 is 15.9 Å². The smallest absolute Gasteiger partial charge is 0.247 e. The van der Waals surface area contributed by atoms with Gasteiger partial charge in [-0.1, -0.05) is 31.7 Å². The van der Waals surface area contributed by atoms with E-state index in [0.717, 1.165) is 60.7 Å². The highest BCUT2D eigenvalue weighted by molar-refractivity contribution is 9.10. The van der Waals surface area contributed by atoms with Gasteiger partial charge in [-0.3, -0.25) is 9.59 Å². The van der Waals surface area contributed by atoms with Gasteiger partial charge in [0.2, 0.25) is 11.8 Å². The van der Waals surface area contributed by atoms with Crippen molar-refractivity contribution in [3.63, 3.8) is 0 Å². The molecule has 6 heteroatoms. The summed E-state index contributed by atoms with van der Waals surface area (Å²) < 4.78 is 6.12. The number of carbonyl (C=O) groups excluding carboxylic acids is 2. The van der Waals surface area contributed by atoms with Crippen molar-refractivity contribution in [3.8, 4) is 5.75 Å². The number of β-lactam (4-membered cyclic amide) rings is 1. The molecule has 27 heavy (non-hydrogen) atoms. The largest absolute Gasteiger partial charge is 0.496 e. The Labute approximate surface area is 169 Å². The number of amides is 2. The minimum absolute atomic E-state index is 0.0438. The quantitative estimate of drug-likeness (QED) is 0.713. The molecule has 3 fully saturated rings. The number of rotatable bonds is 5. The van der Waals surface area contributed by atoms with Crippen LogP contribution in [0.4, 0.5) is 0 Å². The predicted octanol–water partition coefficient (Wildman–Crippen LogP) is 3.96. The van der Waals surface area contributed by atoms with Crippen LogP contribution in [0.25, 0.3) is 0 Å². The van der Waals surface area contributed by atoms with Crippen LogP contribution in [0.15, 0.2) is 22.7 Å². The molecule has 1 heterocycles. The van der Waals surface area contributed by atoms with E-state index in [2.05, 4.69) is 21.2 Å². The van der Waals surface area contributed by atoms with Gasteiger partial charge in [-0.15, -0.1) is 0 Å². The molecule has 2 amide bonds. The molecule has 1 aromatic carbocycles. The molecule has 1 aromatic rings. The number of fused-ring (bicyclic) bond motifs is 1. The van der Waals surface area contributed by atoms with Crippen molar-refractivity contribution < 1.29 is 14.3 Å². The van der Waals surface area contributed by atoms with Crippen molar-refractivity contribution in [2.75, 3.05) is 7.11 Å². The number of halogens is 1. The van der Waals surface area contributed by atoms with Crippen molar-refractivity contribution >= 4 is 27.7 Å². The van der Waals surface area contributed by atoms with Gasteiger partial charge in [0.15, 0.2) is 0 Å². The fourth-order valence-electron chi connectivity index (χ4n) is 4.97. The Morgan fingerprint density at radius 1 is 1.19 bits per heavy atom. The third-order valence-electron chi connectivity index (χ3n) is 6.38. The fourth-order valence-corrected chi connectivity index (χ4v) is 5.53. The lowest BCUT2D eigenvalue weighted by molar-refractivity contribution is -0.163. The number of benzene rings is 1. The van der Waals surface area contributed by atoms with E-state index in [-0.39, 0.29) is 29.8 Å². The topological polar surface area (TPSA) is 58.6 Å². The Kier molecular flexibility index (Phi) is 5.44. The second-order valence-corrected chi connectivity index (χ2v) is 8.84. The minimum Gasteiger partial charge on any atom is -0.496 e. The number of nitrogens with zero attached hydrogens (tertiary/aromatic N) is 1. The molecule has 1 N–H and O–H groups in total. The maximum Gasteiger partial charge on any atom is 0.247 e. The summed E-state index contributed by atoms with van der Waals surface area (Å²) in [4.78, 5) is 27.9. The van der Waals surface area contributed by atoms with Crippen LogP contribution in [-0.2, 0) is 9.59 Å². The zero-order valence-electron chi connectivity index (χ0n) is 15.7. The molecular weight excluding hydrogens is 408 g/mol. The molecule has 5 nitrogen and oxygen atoms in total. The van der Waals surface area contributed by atoms with Gasteiger partial charge in [0.1, 0.15) is 11.8 Å². The van der Waals surface area contributed by atoms with Crippen molar-refractivity contribution in [3.05, 3.63) is 28.2 Å². The van der Waals surface area contributed by atoms with E-state index < -0.39 is 6.04 Å². The molecule has 1 saturated heterocycles. The molecule has 1 unspecified atom stereocenters. The van der Waals surface area contributed by atoms with E-state index in [1.165, 1.54) is 6.42 Å². The van der Waals surface area contributed by atoms with Crippen LogP contribution in [0.2, 0.25) is 0 Å². The highest BCUT2D eigenvalue weighted by Crippen LogP contribution is 2.45. The molecule has 0 aromatic heterocycles. The Morgan fingerprint density at radius 3 is 2.67 bits per heavy atom. The van der Waals surface area contributed by atoms with Gasteiger partial charge in [-0.2, -0.15) is 0 Å². The average molecular weight is 435 g/mol. The van der Waals surface area contributed by atoms with E-state index in [9.17, 15) is 9.59 Å². The molecule has 2 aliphatic carbocycles. The molecule has 3 atom stereocenters. The van der Waals surface area contributed by atoms with E-state index in [1.807, 2.05) is 23.1 Å². The van der Waals surface area contributed by atoms with Gasteiger partial charge in [-0.25, -0.2) is 0 Å². The molecule has 0 spiro atoms. The van der Waals surface area contributed by atoms with Crippen LogP contribution in [0.5, 0.6) is 5.75 Å². The molecule has 0 radical (unpaired) electrons. The lowest BCUT2D eigenvalue weighted by Crippen LogP contribution is -2.62. The van der Waals surface area contributed by atoms with Gasteiger partial charge in [0.05, 0.1) is 17.5 Å². The first-order valence-electron chi connectivity index (χ1n) is 10.1. The van der Waals surface area contributed by atoms with E-state index >= 15 is 0 Å². The molecule has 4 rings (SSSR count). The number of likely N-dealkylation sites (tertiary alicyclic amines) is 1. The Hall–Kier alpha value is -1.56. The Bertz CT molecular complexity index is 732.